The minimum atomic E-state index is -3.26. The molecule has 5 nitrogen and oxygen atoms in total. The number of sulfonamides is 1. The van der Waals surface area contributed by atoms with Crippen molar-refractivity contribution in [2.75, 3.05) is 17.5 Å². The highest BCUT2D eigenvalue weighted by Gasteiger charge is 2.04. The number of carbonyl (C=O) groups is 1. The number of anilines is 1. The highest BCUT2D eigenvalue weighted by Crippen LogP contribution is 2.17. The Morgan fingerprint density at radius 3 is 2.30 bits per heavy atom. The molecule has 0 atom stereocenters. The smallest absolute Gasteiger partial charge is 0.244 e. The second-order valence-electron chi connectivity index (χ2n) is 6.35. The third-order valence-electron chi connectivity index (χ3n) is 4.03. The predicted molar refractivity (Wildman–Crippen MR) is 111 cm³/mol. The van der Waals surface area contributed by atoms with Crippen LogP contribution in [0.5, 0.6) is 0 Å². The first-order chi connectivity index (χ1) is 12.9. The van der Waals surface area contributed by atoms with Crippen LogP contribution in [0.15, 0.2) is 60.7 Å². The molecule has 0 radical (unpaired) electrons. The fourth-order valence-electron chi connectivity index (χ4n) is 2.71. The fourth-order valence-corrected chi connectivity index (χ4v) is 3.27. The molecule has 2 aromatic rings. The van der Waals surface area contributed by atoms with Crippen molar-refractivity contribution in [2.45, 2.75) is 26.2 Å². The SMILES string of the molecule is CC/C(=C\C(=O)NCCCc1ccc(NS(C)(=O)=O)cc1)c1ccccc1. The maximum absolute atomic E-state index is 12.1. The number of rotatable bonds is 9. The molecule has 27 heavy (non-hydrogen) atoms. The van der Waals surface area contributed by atoms with E-state index in [2.05, 4.69) is 10.0 Å². The van der Waals surface area contributed by atoms with E-state index in [4.69, 9.17) is 0 Å². The van der Waals surface area contributed by atoms with Crippen molar-refractivity contribution < 1.29 is 13.2 Å². The number of amides is 1. The van der Waals surface area contributed by atoms with Gasteiger partial charge < -0.3 is 5.32 Å². The Hall–Kier alpha value is -2.60. The number of aryl methyl sites for hydroxylation is 1. The third-order valence-corrected chi connectivity index (χ3v) is 4.64. The highest BCUT2D eigenvalue weighted by molar-refractivity contribution is 7.92. The van der Waals surface area contributed by atoms with Crippen molar-refractivity contribution in [1.29, 1.82) is 0 Å². The van der Waals surface area contributed by atoms with Gasteiger partial charge in [-0.3, -0.25) is 9.52 Å². The number of nitrogens with one attached hydrogen (secondary N) is 2. The van der Waals surface area contributed by atoms with E-state index in [0.717, 1.165) is 42.2 Å². The van der Waals surface area contributed by atoms with Crippen LogP contribution in [0.2, 0.25) is 0 Å². The van der Waals surface area contributed by atoms with Crippen molar-refractivity contribution in [1.82, 2.24) is 5.32 Å². The largest absolute Gasteiger partial charge is 0.353 e. The van der Waals surface area contributed by atoms with E-state index in [-0.39, 0.29) is 5.91 Å². The average Bonchev–Trinajstić information content (AvgIpc) is 2.64. The normalized spacial score (nSPS) is 11.9. The van der Waals surface area contributed by atoms with Crippen LogP contribution in [0.25, 0.3) is 5.57 Å². The van der Waals surface area contributed by atoms with Crippen LogP contribution in [-0.2, 0) is 21.2 Å². The van der Waals surface area contributed by atoms with Crippen LogP contribution in [0, 0.1) is 0 Å². The van der Waals surface area contributed by atoms with Gasteiger partial charge in [0.1, 0.15) is 0 Å². The summed E-state index contributed by atoms with van der Waals surface area (Å²) in [6.45, 7) is 2.62. The molecule has 2 N–H and O–H groups in total. The summed E-state index contributed by atoms with van der Waals surface area (Å²) in [6, 6.07) is 17.2. The van der Waals surface area contributed by atoms with Crippen LogP contribution in [0.1, 0.15) is 30.9 Å². The molecule has 1 amide bonds. The van der Waals surface area contributed by atoms with Crippen LogP contribution in [0.3, 0.4) is 0 Å². The summed E-state index contributed by atoms with van der Waals surface area (Å²) in [5, 5.41) is 2.92. The van der Waals surface area contributed by atoms with Crippen LogP contribution >= 0.6 is 0 Å². The maximum Gasteiger partial charge on any atom is 0.244 e. The first-order valence-corrected chi connectivity index (χ1v) is 10.9. The van der Waals surface area contributed by atoms with Gasteiger partial charge in [0.25, 0.3) is 0 Å². The summed E-state index contributed by atoms with van der Waals surface area (Å²) in [7, 11) is -3.26. The number of hydrogen-bond donors (Lipinski definition) is 2. The summed E-state index contributed by atoms with van der Waals surface area (Å²) in [6.07, 6.45) is 5.21. The highest BCUT2D eigenvalue weighted by atomic mass is 32.2. The Morgan fingerprint density at radius 2 is 1.70 bits per heavy atom. The van der Waals surface area contributed by atoms with E-state index in [1.165, 1.54) is 0 Å². The molecule has 0 aliphatic rings. The van der Waals surface area contributed by atoms with E-state index >= 15 is 0 Å². The summed E-state index contributed by atoms with van der Waals surface area (Å²) in [5.41, 5.74) is 3.73. The average molecular weight is 387 g/mol. The summed E-state index contributed by atoms with van der Waals surface area (Å²) >= 11 is 0. The van der Waals surface area contributed by atoms with E-state index in [1.807, 2.05) is 49.4 Å². The molecular weight excluding hydrogens is 360 g/mol. The number of benzene rings is 2. The Morgan fingerprint density at radius 1 is 1.04 bits per heavy atom. The Balaban J connectivity index is 1.79. The molecule has 0 fully saturated rings. The quantitative estimate of drug-likeness (QED) is 0.511. The molecule has 0 heterocycles. The minimum Gasteiger partial charge on any atom is -0.353 e. The predicted octanol–water partition coefficient (Wildman–Crippen LogP) is 3.60. The van der Waals surface area contributed by atoms with Gasteiger partial charge in [-0.25, -0.2) is 8.42 Å². The standard InChI is InChI=1S/C21H26N2O3S/c1-3-18(19-9-5-4-6-10-19)16-21(24)22-15-7-8-17-11-13-20(14-12-17)23-27(2,25)26/h4-6,9-14,16,23H,3,7-8,15H2,1-2H3,(H,22,24)/b18-16+. The second-order valence-corrected chi connectivity index (χ2v) is 8.10. The van der Waals surface area contributed by atoms with Gasteiger partial charge in [0, 0.05) is 18.3 Å². The minimum absolute atomic E-state index is 0.0802. The lowest BCUT2D eigenvalue weighted by Gasteiger charge is -2.07. The molecule has 0 saturated heterocycles. The number of carbonyl (C=O) groups excluding carboxylic acids is 1. The molecule has 144 valence electrons. The summed E-state index contributed by atoms with van der Waals surface area (Å²) in [5.74, 6) is -0.0802. The molecule has 0 aliphatic carbocycles. The van der Waals surface area contributed by atoms with Gasteiger partial charge in [0.15, 0.2) is 0 Å². The zero-order valence-corrected chi connectivity index (χ0v) is 16.6. The Kier molecular flexibility index (Phi) is 7.61. The first-order valence-electron chi connectivity index (χ1n) is 8.98. The molecule has 6 heteroatoms. The van der Waals surface area contributed by atoms with Gasteiger partial charge in [0.05, 0.1) is 6.26 Å². The molecule has 0 unspecified atom stereocenters. The van der Waals surface area contributed by atoms with E-state index < -0.39 is 10.0 Å². The maximum atomic E-state index is 12.1. The number of allylic oxidation sites excluding steroid dienone is 1. The molecule has 0 saturated carbocycles. The zero-order valence-electron chi connectivity index (χ0n) is 15.7. The van der Waals surface area contributed by atoms with E-state index in [9.17, 15) is 13.2 Å². The molecular formula is C21H26N2O3S. The number of hydrogen-bond acceptors (Lipinski definition) is 3. The third kappa shape index (κ3) is 7.66. The van der Waals surface area contributed by atoms with E-state index in [1.54, 1.807) is 18.2 Å². The van der Waals surface area contributed by atoms with Gasteiger partial charge >= 0.3 is 0 Å². The lowest BCUT2D eigenvalue weighted by molar-refractivity contribution is -0.116. The topological polar surface area (TPSA) is 75.3 Å². The van der Waals surface area contributed by atoms with Gasteiger partial charge in [-0.05, 0) is 48.1 Å². The molecule has 0 bridgehead atoms. The van der Waals surface area contributed by atoms with Gasteiger partial charge in [-0.1, -0.05) is 49.4 Å². The van der Waals surface area contributed by atoms with Crippen molar-refractivity contribution in [3.05, 3.63) is 71.8 Å². The Labute approximate surface area is 161 Å². The first kappa shape index (κ1) is 20.7. The van der Waals surface area contributed by atoms with Gasteiger partial charge in [-0.2, -0.15) is 0 Å². The molecule has 0 aromatic heterocycles. The lowest BCUT2D eigenvalue weighted by Crippen LogP contribution is -2.23. The lowest BCUT2D eigenvalue weighted by atomic mass is 10.0. The van der Waals surface area contributed by atoms with Crippen LogP contribution in [-0.4, -0.2) is 27.1 Å². The summed E-state index contributed by atoms with van der Waals surface area (Å²) < 4.78 is 24.8. The molecule has 2 rings (SSSR count). The zero-order chi connectivity index (χ0) is 19.7. The van der Waals surface area contributed by atoms with Crippen LogP contribution < -0.4 is 10.0 Å². The van der Waals surface area contributed by atoms with Crippen molar-refractivity contribution in [2.24, 2.45) is 0 Å². The van der Waals surface area contributed by atoms with Gasteiger partial charge in [-0.15, -0.1) is 0 Å². The second kappa shape index (κ2) is 9.92. The summed E-state index contributed by atoms with van der Waals surface area (Å²) in [4.78, 5) is 12.1. The van der Waals surface area contributed by atoms with Gasteiger partial charge in [0.2, 0.25) is 15.9 Å². The van der Waals surface area contributed by atoms with Crippen molar-refractivity contribution >= 4 is 27.2 Å². The van der Waals surface area contributed by atoms with Crippen molar-refractivity contribution in [3.8, 4) is 0 Å². The molecule has 0 spiro atoms. The fraction of sp³-hybridized carbons (Fsp3) is 0.286. The monoisotopic (exact) mass is 386 g/mol. The van der Waals surface area contributed by atoms with E-state index in [0.29, 0.717) is 12.2 Å². The van der Waals surface area contributed by atoms with Crippen molar-refractivity contribution in [3.63, 3.8) is 0 Å². The Bertz CT molecular complexity index is 873. The molecule has 0 aliphatic heterocycles. The van der Waals surface area contributed by atoms with Crippen LogP contribution in [0.4, 0.5) is 5.69 Å². The molecule has 2 aromatic carbocycles.